The normalized spacial score (nSPS) is 22.2. The lowest BCUT2D eigenvalue weighted by atomic mass is 9.86. The van der Waals surface area contributed by atoms with Crippen LogP contribution in [0.1, 0.15) is 46.5 Å². The Morgan fingerprint density at radius 2 is 1.84 bits per heavy atom. The molecule has 1 aliphatic rings. The molecule has 0 spiro atoms. The third kappa shape index (κ3) is 4.33. The summed E-state index contributed by atoms with van der Waals surface area (Å²) < 4.78 is 26.3. The number of nitrogens with zero attached hydrogens (tertiary/aromatic N) is 1. The van der Waals surface area contributed by atoms with E-state index in [2.05, 4.69) is 20.0 Å². The predicted octanol–water partition coefficient (Wildman–Crippen LogP) is 3.25. The number of hydrogen-bond acceptors (Lipinski definition) is 4. The Bertz CT molecular complexity index is 782. The second kappa shape index (κ2) is 6.96. The van der Waals surface area contributed by atoms with E-state index >= 15 is 0 Å². The first-order chi connectivity index (χ1) is 11.7. The van der Waals surface area contributed by atoms with E-state index in [9.17, 15) is 8.42 Å². The Morgan fingerprint density at radius 1 is 1.16 bits per heavy atom. The van der Waals surface area contributed by atoms with E-state index in [0.29, 0.717) is 18.5 Å². The summed E-state index contributed by atoms with van der Waals surface area (Å²) in [5.41, 5.74) is 2.01. The van der Waals surface area contributed by atoms with Gasteiger partial charge < -0.3 is 10.3 Å². The Morgan fingerprint density at radius 3 is 2.48 bits per heavy atom. The fourth-order valence-electron chi connectivity index (χ4n) is 3.17. The van der Waals surface area contributed by atoms with Crippen molar-refractivity contribution in [3.05, 3.63) is 24.3 Å². The van der Waals surface area contributed by atoms with Gasteiger partial charge in [-0.3, -0.25) is 0 Å². The van der Waals surface area contributed by atoms with Gasteiger partial charge in [-0.15, -0.1) is 0 Å². The van der Waals surface area contributed by atoms with Crippen LogP contribution in [-0.4, -0.2) is 35.7 Å². The largest absolute Gasteiger partial charge is 0.353 e. The Hall–Kier alpha value is -1.60. The summed E-state index contributed by atoms with van der Waals surface area (Å²) in [6.07, 6.45) is 4.09. The molecule has 6 nitrogen and oxygen atoms in total. The van der Waals surface area contributed by atoms with Crippen LogP contribution >= 0.6 is 0 Å². The zero-order valence-corrected chi connectivity index (χ0v) is 16.0. The van der Waals surface area contributed by atoms with Crippen LogP contribution in [0.25, 0.3) is 11.0 Å². The van der Waals surface area contributed by atoms with Gasteiger partial charge in [-0.2, -0.15) is 0 Å². The van der Waals surface area contributed by atoms with Crippen LogP contribution < -0.4 is 10.0 Å². The highest BCUT2D eigenvalue weighted by Crippen LogP contribution is 2.27. The second-order valence-corrected chi connectivity index (χ2v) is 10.4. The third-order valence-corrected chi connectivity index (χ3v) is 7.10. The molecular formula is C18H28N4O2S. The summed E-state index contributed by atoms with van der Waals surface area (Å²) in [4.78, 5) is 7.87. The van der Waals surface area contributed by atoms with E-state index in [1.54, 1.807) is 20.8 Å². The fraction of sp³-hybridized carbons (Fsp3) is 0.611. The van der Waals surface area contributed by atoms with Crippen molar-refractivity contribution >= 4 is 27.0 Å². The van der Waals surface area contributed by atoms with Crippen LogP contribution in [0.4, 0.5) is 5.95 Å². The van der Waals surface area contributed by atoms with Crippen LogP contribution in [0.3, 0.4) is 0 Å². The monoisotopic (exact) mass is 364 g/mol. The maximum absolute atomic E-state index is 12.1. The molecule has 1 fully saturated rings. The maximum Gasteiger partial charge on any atom is 0.216 e. The number of para-hydroxylation sites is 2. The average Bonchev–Trinajstić information content (AvgIpc) is 2.95. The number of imidazole rings is 1. The summed E-state index contributed by atoms with van der Waals surface area (Å²) in [5, 5.41) is 3.48. The molecule has 1 aliphatic carbocycles. The minimum Gasteiger partial charge on any atom is -0.353 e. The Balaban J connectivity index is 1.49. The van der Waals surface area contributed by atoms with Crippen LogP contribution in [0.2, 0.25) is 0 Å². The molecule has 25 heavy (non-hydrogen) atoms. The minimum absolute atomic E-state index is 0.385. The van der Waals surface area contributed by atoms with E-state index in [0.717, 1.165) is 42.7 Å². The molecule has 0 bridgehead atoms. The first kappa shape index (κ1) is 18.2. The summed E-state index contributed by atoms with van der Waals surface area (Å²) in [5.74, 6) is 1.23. The van der Waals surface area contributed by atoms with Crippen molar-refractivity contribution in [1.29, 1.82) is 0 Å². The van der Waals surface area contributed by atoms with Crippen molar-refractivity contribution in [2.24, 2.45) is 5.92 Å². The molecule has 1 aromatic heterocycles. The van der Waals surface area contributed by atoms with Crippen LogP contribution in [-0.2, 0) is 10.0 Å². The molecular weight excluding hydrogens is 336 g/mol. The third-order valence-electron chi connectivity index (χ3n) is 4.95. The number of sulfonamides is 1. The molecule has 3 N–H and O–H groups in total. The molecule has 1 aromatic carbocycles. The fourth-order valence-corrected chi connectivity index (χ4v) is 4.06. The van der Waals surface area contributed by atoms with Gasteiger partial charge in [-0.1, -0.05) is 12.1 Å². The number of rotatable bonds is 5. The van der Waals surface area contributed by atoms with Gasteiger partial charge in [0, 0.05) is 12.6 Å². The number of H-pyrrole nitrogens is 1. The van der Waals surface area contributed by atoms with E-state index in [1.807, 2.05) is 24.3 Å². The predicted molar refractivity (Wildman–Crippen MR) is 102 cm³/mol. The Kier molecular flexibility index (Phi) is 5.06. The highest BCUT2D eigenvalue weighted by atomic mass is 32.2. The molecule has 1 heterocycles. The first-order valence-electron chi connectivity index (χ1n) is 8.95. The molecule has 0 amide bonds. The van der Waals surface area contributed by atoms with Gasteiger partial charge in [0.2, 0.25) is 16.0 Å². The van der Waals surface area contributed by atoms with Crippen LogP contribution in [0.15, 0.2) is 24.3 Å². The molecule has 7 heteroatoms. The second-order valence-electron chi connectivity index (χ2n) is 7.93. The van der Waals surface area contributed by atoms with Crippen molar-refractivity contribution in [3.63, 3.8) is 0 Å². The van der Waals surface area contributed by atoms with Crippen LogP contribution in [0.5, 0.6) is 0 Å². The van der Waals surface area contributed by atoms with Gasteiger partial charge in [0.25, 0.3) is 0 Å². The molecule has 1 saturated carbocycles. The van der Waals surface area contributed by atoms with E-state index < -0.39 is 14.8 Å². The quantitative estimate of drug-likeness (QED) is 0.760. The summed E-state index contributed by atoms with van der Waals surface area (Å²) in [6, 6.07) is 8.38. The van der Waals surface area contributed by atoms with Crippen molar-refractivity contribution in [1.82, 2.24) is 14.7 Å². The van der Waals surface area contributed by atoms with Crippen LogP contribution in [0, 0.1) is 5.92 Å². The first-order valence-corrected chi connectivity index (χ1v) is 10.4. The molecule has 0 unspecified atom stereocenters. The number of hydrogen-bond donors (Lipinski definition) is 3. The maximum atomic E-state index is 12.1. The standard InChI is InChI=1S/C18H28N4O2S/c1-18(2,3)25(23,24)19-12-13-8-10-14(11-9-13)20-17-21-15-6-4-5-7-16(15)22-17/h4-7,13-14,19H,8-12H2,1-3H3,(H2,20,21,22)/t13-,14-. The molecule has 2 aromatic rings. The van der Waals surface area contributed by atoms with Crippen molar-refractivity contribution < 1.29 is 8.42 Å². The lowest BCUT2D eigenvalue weighted by Crippen LogP contribution is -2.42. The van der Waals surface area contributed by atoms with Crippen molar-refractivity contribution in [2.45, 2.75) is 57.2 Å². The van der Waals surface area contributed by atoms with E-state index in [4.69, 9.17) is 0 Å². The number of nitrogens with one attached hydrogen (secondary N) is 3. The topological polar surface area (TPSA) is 86.9 Å². The van der Waals surface area contributed by atoms with Gasteiger partial charge in [0.15, 0.2) is 0 Å². The molecule has 0 aliphatic heterocycles. The molecule has 0 atom stereocenters. The SMILES string of the molecule is CC(C)(C)S(=O)(=O)NC[C@H]1CC[C@H](Nc2nc3ccccc3[nH]2)CC1. The summed E-state index contributed by atoms with van der Waals surface area (Å²) in [7, 11) is -3.25. The smallest absolute Gasteiger partial charge is 0.216 e. The number of benzene rings is 1. The molecule has 3 rings (SSSR count). The Labute approximate surface area is 149 Å². The molecule has 138 valence electrons. The van der Waals surface area contributed by atoms with Gasteiger partial charge in [-0.05, 0) is 64.5 Å². The highest BCUT2D eigenvalue weighted by molar-refractivity contribution is 7.90. The van der Waals surface area contributed by atoms with E-state index in [1.165, 1.54) is 0 Å². The zero-order valence-electron chi connectivity index (χ0n) is 15.2. The number of anilines is 1. The minimum atomic E-state index is -3.25. The summed E-state index contributed by atoms with van der Waals surface area (Å²) >= 11 is 0. The lowest BCUT2D eigenvalue weighted by molar-refractivity contribution is 0.336. The van der Waals surface area contributed by atoms with Gasteiger partial charge in [-0.25, -0.2) is 18.1 Å². The number of fused-ring (bicyclic) bond motifs is 1. The van der Waals surface area contributed by atoms with Crippen molar-refractivity contribution in [3.8, 4) is 0 Å². The molecule has 0 saturated heterocycles. The number of aromatic nitrogens is 2. The lowest BCUT2D eigenvalue weighted by Gasteiger charge is -2.30. The molecule has 0 radical (unpaired) electrons. The average molecular weight is 365 g/mol. The van der Waals surface area contributed by atoms with Gasteiger partial charge >= 0.3 is 0 Å². The van der Waals surface area contributed by atoms with Gasteiger partial charge in [0.05, 0.1) is 15.8 Å². The van der Waals surface area contributed by atoms with E-state index in [-0.39, 0.29) is 0 Å². The zero-order chi connectivity index (χ0) is 18.1. The summed E-state index contributed by atoms with van der Waals surface area (Å²) in [6.45, 7) is 5.72. The number of aromatic amines is 1. The highest BCUT2D eigenvalue weighted by Gasteiger charge is 2.30. The van der Waals surface area contributed by atoms with Crippen molar-refractivity contribution in [2.75, 3.05) is 11.9 Å². The van der Waals surface area contributed by atoms with Gasteiger partial charge in [0.1, 0.15) is 0 Å².